The first-order valence-corrected chi connectivity index (χ1v) is 7.23. The Morgan fingerprint density at radius 2 is 2.10 bits per heavy atom. The zero-order valence-corrected chi connectivity index (χ0v) is 12.2. The summed E-state index contributed by atoms with van der Waals surface area (Å²) in [6.07, 6.45) is 2.46. The lowest BCUT2D eigenvalue weighted by molar-refractivity contribution is -0.141. The fourth-order valence-corrected chi connectivity index (χ4v) is 2.75. The van der Waals surface area contributed by atoms with Crippen LogP contribution in [0.1, 0.15) is 24.8 Å². The van der Waals surface area contributed by atoms with Crippen LogP contribution < -0.4 is 10.1 Å². The Kier molecular flexibility index (Phi) is 5.20. The molecule has 1 amide bonds. The van der Waals surface area contributed by atoms with E-state index in [-0.39, 0.29) is 17.7 Å². The van der Waals surface area contributed by atoms with Gasteiger partial charge in [-0.25, -0.2) is 0 Å². The second kappa shape index (κ2) is 7.11. The number of carbonyl (C=O) groups is 2. The van der Waals surface area contributed by atoms with Gasteiger partial charge < -0.3 is 15.2 Å². The quantitative estimate of drug-likeness (QED) is 0.838. The van der Waals surface area contributed by atoms with Crippen molar-refractivity contribution in [2.24, 2.45) is 11.8 Å². The molecule has 0 radical (unpaired) electrons. The maximum atomic E-state index is 12.0. The minimum absolute atomic E-state index is 0.0263. The van der Waals surface area contributed by atoms with E-state index in [2.05, 4.69) is 5.32 Å². The van der Waals surface area contributed by atoms with Crippen molar-refractivity contribution in [2.45, 2.75) is 25.7 Å². The van der Waals surface area contributed by atoms with Gasteiger partial charge in [0, 0.05) is 12.5 Å². The van der Waals surface area contributed by atoms with Crippen molar-refractivity contribution in [1.29, 1.82) is 0 Å². The molecule has 5 heteroatoms. The number of benzene rings is 1. The Labute approximate surface area is 124 Å². The van der Waals surface area contributed by atoms with Gasteiger partial charge in [-0.05, 0) is 43.4 Å². The molecule has 2 unspecified atom stereocenters. The fourth-order valence-electron chi connectivity index (χ4n) is 2.75. The third-order valence-corrected chi connectivity index (χ3v) is 4.00. The number of methoxy groups -OCH3 is 1. The van der Waals surface area contributed by atoms with Crippen LogP contribution in [-0.4, -0.2) is 30.6 Å². The van der Waals surface area contributed by atoms with Crippen molar-refractivity contribution in [2.75, 3.05) is 13.7 Å². The number of amides is 1. The minimum atomic E-state index is -0.790. The summed E-state index contributed by atoms with van der Waals surface area (Å²) >= 11 is 0. The Morgan fingerprint density at radius 1 is 1.33 bits per heavy atom. The molecule has 1 aliphatic rings. The number of rotatable bonds is 6. The third-order valence-electron chi connectivity index (χ3n) is 4.00. The van der Waals surface area contributed by atoms with E-state index in [1.54, 1.807) is 7.11 Å². The molecule has 5 nitrogen and oxygen atoms in total. The molecule has 0 aromatic heterocycles. The van der Waals surface area contributed by atoms with Gasteiger partial charge in [-0.15, -0.1) is 0 Å². The van der Waals surface area contributed by atoms with E-state index < -0.39 is 5.97 Å². The zero-order valence-electron chi connectivity index (χ0n) is 12.2. The number of aliphatic carboxylic acids is 1. The summed E-state index contributed by atoms with van der Waals surface area (Å²) < 4.78 is 5.15. The first-order valence-electron chi connectivity index (χ1n) is 7.23. The number of hydrogen-bond donors (Lipinski definition) is 2. The molecule has 1 aromatic rings. The molecule has 1 saturated carbocycles. The highest BCUT2D eigenvalue weighted by molar-refractivity contribution is 5.80. The predicted molar refractivity (Wildman–Crippen MR) is 78.2 cm³/mol. The van der Waals surface area contributed by atoms with E-state index in [1.165, 1.54) is 0 Å². The summed E-state index contributed by atoms with van der Waals surface area (Å²) in [6.45, 7) is 0.556. The second-order valence-corrected chi connectivity index (χ2v) is 5.44. The zero-order chi connectivity index (χ0) is 15.2. The van der Waals surface area contributed by atoms with Gasteiger partial charge in [0.1, 0.15) is 5.75 Å². The number of carboxylic acids is 1. The number of carboxylic acid groups (broad SMARTS) is 1. The normalized spacial score (nSPS) is 21.0. The SMILES string of the molecule is COc1cccc(CCNC(=O)C2CCC(C(=O)O)C2)c1. The molecule has 0 aliphatic heterocycles. The highest BCUT2D eigenvalue weighted by Crippen LogP contribution is 2.31. The molecular formula is C16H21NO4. The lowest BCUT2D eigenvalue weighted by Crippen LogP contribution is -2.31. The smallest absolute Gasteiger partial charge is 0.306 e. The Morgan fingerprint density at radius 3 is 2.76 bits per heavy atom. The molecule has 2 rings (SSSR count). The van der Waals surface area contributed by atoms with Crippen LogP contribution >= 0.6 is 0 Å². The van der Waals surface area contributed by atoms with Gasteiger partial charge in [-0.2, -0.15) is 0 Å². The maximum absolute atomic E-state index is 12.0. The Balaban J connectivity index is 1.75. The second-order valence-electron chi connectivity index (χ2n) is 5.44. The van der Waals surface area contributed by atoms with Gasteiger partial charge in [0.05, 0.1) is 13.0 Å². The lowest BCUT2D eigenvalue weighted by atomic mass is 10.0. The highest BCUT2D eigenvalue weighted by atomic mass is 16.5. The molecule has 2 atom stereocenters. The topological polar surface area (TPSA) is 75.6 Å². The van der Waals surface area contributed by atoms with E-state index >= 15 is 0 Å². The van der Waals surface area contributed by atoms with Crippen molar-refractivity contribution in [3.8, 4) is 5.75 Å². The molecule has 21 heavy (non-hydrogen) atoms. The van der Waals surface area contributed by atoms with Crippen molar-refractivity contribution in [3.63, 3.8) is 0 Å². The standard InChI is InChI=1S/C16H21NO4/c1-21-14-4-2-3-11(9-14)7-8-17-15(18)12-5-6-13(10-12)16(19)20/h2-4,9,12-13H,5-8,10H2,1H3,(H,17,18)(H,19,20). The molecule has 0 saturated heterocycles. The van der Waals surface area contributed by atoms with Gasteiger partial charge in [0.2, 0.25) is 5.91 Å². The summed E-state index contributed by atoms with van der Waals surface area (Å²) in [5, 5.41) is 11.8. The van der Waals surface area contributed by atoms with Crippen LogP contribution in [0.15, 0.2) is 24.3 Å². The molecule has 114 valence electrons. The van der Waals surface area contributed by atoms with E-state index in [0.717, 1.165) is 17.7 Å². The molecule has 1 fully saturated rings. The van der Waals surface area contributed by atoms with E-state index in [1.807, 2.05) is 24.3 Å². The largest absolute Gasteiger partial charge is 0.497 e. The summed E-state index contributed by atoms with van der Waals surface area (Å²) in [6, 6.07) is 7.74. The number of ether oxygens (including phenoxy) is 1. The fraction of sp³-hybridized carbons (Fsp3) is 0.500. The van der Waals surface area contributed by atoms with Crippen molar-refractivity contribution >= 4 is 11.9 Å². The van der Waals surface area contributed by atoms with Crippen molar-refractivity contribution in [1.82, 2.24) is 5.32 Å². The highest BCUT2D eigenvalue weighted by Gasteiger charge is 2.33. The summed E-state index contributed by atoms with van der Waals surface area (Å²) in [5.74, 6) is -0.530. The van der Waals surface area contributed by atoms with Crippen LogP contribution in [-0.2, 0) is 16.0 Å². The third kappa shape index (κ3) is 4.21. The lowest BCUT2D eigenvalue weighted by Gasteiger charge is -2.11. The van der Waals surface area contributed by atoms with Gasteiger partial charge in [-0.3, -0.25) is 9.59 Å². The summed E-state index contributed by atoms with van der Waals surface area (Å²) in [4.78, 5) is 22.9. The predicted octanol–water partition coefficient (Wildman–Crippen LogP) is 1.85. The molecular weight excluding hydrogens is 270 g/mol. The first-order chi connectivity index (χ1) is 10.1. The maximum Gasteiger partial charge on any atom is 0.306 e. The monoisotopic (exact) mass is 291 g/mol. The van der Waals surface area contributed by atoms with Gasteiger partial charge >= 0.3 is 5.97 Å². The number of carbonyl (C=O) groups excluding carboxylic acids is 1. The average molecular weight is 291 g/mol. The molecule has 0 heterocycles. The van der Waals surface area contributed by atoms with E-state index in [0.29, 0.717) is 25.8 Å². The Bertz CT molecular complexity index is 515. The van der Waals surface area contributed by atoms with Gasteiger partial charge in [0.15, 0.2) is 0 Å². The van der Waals surface area contributed by atoms with Crippen LogP contribution in [0.4, 0.5) is 0 Å². The minimum Gasteiger partial charge on any atom is -0.497 e. The average Bonchev–Trinajstić information content (AvgIpc) is 2.97. The first kappa shape index (κ1) is 15.4. The molecule has 1 aromatic carbocycles. The van der Waals surface area contributed by atoms with Crippen molar-refractivity contribution in [3.05, 3.63) is 29.8 Å². The van der Waals surface area contributed by atoms with Crippen LogP contribution in [0, 0.1) is 11.8 Å². The van der Waals surface area contributed by atoms with Gasteiger partial charge in [0.25, 0.3) is 0 Å². The molecule has 1 aliphatic carbocycles. The molecule has 2 N–H and O–H groups in total. The molecule has 0 spiro atoms. The van der Waals surface area contributed by atoms with Crippen LogP contribution in [0.2, 0.25) is 0 Å². The number of hydrogen-bond acceptors (Lipinski definition) is 3. The van der Waals surface area contributed by atoms with Crippen LogP contribution in [0.5, 0.6) is 5.75 Å². The Hall–Kier alpha value is -2.04. The van der Waals surface area contributed by atoms with E-state index in [4.69, 9.17) is 9.84 Å². The summed E-state index contributed by atoms with van der Waals surface area (Å²) in [7, 11) is 1.62. The molecule has 0 bridgehead atoms. The summed E-state index contributed by atoms with van der Waals surface area (Å²) in [5.41, 5.74) is 1.10. The van der Waals surface area contributed by atoms with E-state index in [9.17, 15) is 9.59 Å². The van der Waals surface area contributed by atoms with Gasteiger partial charge in [-0.1, -0.05) is 12.1 Å². The van der Waals surface area contributed by atoms with Crippen LogP contribution in [0.3, 0.4) is 0 Å². The van der Waals surface area contributed by atoms with Crippen LogP contribution in [0.25, 0.3) is 0 Å². The van der Waals surface area contributed by atoms with Crippen molar-refractivity contribution < 1.29 is 19.4 Å². The number of nitrogens with one attached hydrogen (secondary N) is 1.